The van der Waals surface area contributed by atoms with Gasteiger partial charge in [0.1, 0.15) is 5.75 Å². The molecule has 0 spiro atoms. The highest BCUT2D eigenvalue weighted by Gasteiger charge is 2.31. The molecule has 11 heteroatoms. The summed E-state index contributed by atoms with van der Waals surface area (Å²) >= 11 is 0. The van der Waals surface area contributed by atoms with Gasteiger partial charge in [0.15, 0.2) is 5.69 Å². The number of halogens is 4. The first-order valence-electron chi connectivity index (χ1n) is 7.70. The molecule has 1 aromatic carbocycles. The van der Waals surface area contributed by atoms with Crippen LogP contribution in [-0.4, -0.2) is 40.4 Å². The van der Waals surface area contributed by atoms with Gasteiger partial charge in [-0.25, -0.2) is 4.68 Å². The van der Waals surface area contributed by atoms with Gasteiger partial charge in [-0.05, 0) is 38.1 Å². The van der Waals surface area contributed by atoms with E-state index in [9.17, 15) is 18.0 Å². The Labute approximate surface area is 153 Å². The molecule has 0 unspecified atom stereocenters. The third kappa shape index (κ3) is 5.33. The fourth-order valence-corrected chi connectivity index (χ4v) is 2.60. The van der Waals surface area contributed by atoms with Crippen molar-refractivity contribution in [3.05, 3.63) is 36.2 Å². The first-order chi connectivity index (χ1) is 11.9. The van der Waals surface area contributed by atoms with Crippen LogP contribution in [0.25, 0.3) is 0 Å². The van der Waals surface area contributed by atoms with Crippen LogP contribution in [0.1, 0.15) is 29.4 Å². The lowest BCUT2D eigenvalue weighted by Crippen LogP contribution is -2.29. The van der Waals surface area contributed by atoms with Crippen LogP contribution in [0.4, 0.5) is 18.9 Å². The summed E-state index contributed by atoms with van der Waals surface area (Å²) in [7, 11) is 0. The predicted octanol–water partition coefficient (Wildman–Crippen LogP) is 2.78. The number of nitrogens with zero attached hydrogens (tertiary/aromatic N) is 3. The Bertz CT molecular complexity index is 747. The zero-order valence-electron chi connectivity index (χ0n) is 13.5. The molecule has 1 aliphatic heterocycles. The second kappa shape index (κ2) is 8.37. The normalized spacial score (nSPS) is 15.2. The average Bonchev–Trinajstić information content (AvgIpc) is 3.04. The van der Waals surface area contributed by atoms with Gasteiger partial charge < -0.3 is 15.4 Å². The van der Waals surface area contributed by atoms with Gasteiger partial charge in [-0.1, -0.05) is 11.3 Å². The Morgan fingerprint density at radius 3 is 2.73 bits per heavy atom. The van der Waals surface area contributed by atoms with Crippen LogP contribution < -0.4 is 15.4 Å². The first kappa shape index (κ1) is 20.0. The molecule has 1 saturated heterocycles. The molecular formula is C15H17ClF3N5O2. The molecule has 0 saturated carbocycles. The third-order valence-electron chi connectivity index (χ3n) is 3.75. The van der Waals surface area contributed by atoms with Crippen molar-refractivity contribution < 1.29 is 22.7 Å². The lowest BCUT2D eigenvalue weighted by molar-refractivity contribution is -0.274. The molecule has 1 fully saturated rings. The maximum Gasteiger partial charge on any atom is 0.573 e. The molecule has 2 heterocycles. The van der Waals surface area contributed by atoms with Gasteiger partial charge in [-0.2, -0.15) is 0 Å². The SMILES string of the molecule is Cl.O=C(Nc1cccc(OC(F)(F)F)c1)c1cn(C2CCNCC2)nn1. The Kier molecular flexibility index (Phi) is 6.43. The van der Waals surface area contributed by atoms with E-state index in [4.69, 9.17) is 0 Å². The van der Waals surface area contributed by atoms with Gasteiger partial charge in [-0.3, -0.25) is 4.79 Å². The molecular weight excluding hydrogens is 375 g/mol. The number of nitrogens with one attached hydrogen (secondary N) is 2. The fourth-order valence-electron chi connectivity index (χ4n) is 2.60. The summed E-state index contributed by atoms with van der Waals surface area (Å²) in [6.45, 7) is 1.75. The topological polar surface area (TPSA) is 81.1 Å². The molecule has 0 aliphatic carbocycles. The third-order valence-corrected chi connectivity index (χ3v) is 3.75. The summed E-state index contributed by atoms with van der Waals surface area (Å²) in [5.41, 5.74) is 0.267. The van der Waals surface area contributed by atoms with Crippen molar-refractivity contribution in [3.8, 4) is 5.75 Å². The van der Waals surface area contributed by atoms with Gasteiger partial charge >= 0.3 is 6.36 Å². The number of anilines is 1. The smallest absolute Gasteiger partial charge is 0.406 e. The van der Waals surface area contributed by atoms with Crippen LogP contribution in [0.2, 0.25) is 0 Å². The van der Waals surface area contributed by atoms with E-state index >= 15 is 0 Å². The van der Waals surface area contributed by atoms with Crippen LogP contribution in [0.5, 0.6) is 5.75 Å². The molecule has 1 aliphatic rings. The highest BCUT2D eigenvalue weighted by molar-refractivity contribution is 6.02. The van der Waals surface area contributed by atoms with E-state index in [1.165, 1.54) is 12.1 Å². The number of alkyl halides is 3. The van der Waals surface area contributed by atoms with Crippen molar-refractivity contribution in [2.45, 2.75) is 25.2 Å². The van der Waals surface area contributed by atoms with Gasteiger partial charge in [0, 0.05) is 11.8 Å². The largest absolute Gasteiger partial charge is 0.573 e. The van der Waals surface area contributed by atoms with Gasteiger partial charge in [0.25, 0.3) is 5.91 Å². The average molecular weight is 392 g/mol. The number of aromatic nitrogens is 3. The molecule has 7 nitrogen and oxygen atoms in total. The maximum absolute atomic E-state index is 12.2. The summed E-state index contributed by atoms with van der Waals surface area (Å²) < 4.78 is 42.2. The number of piperidine rings is 1. The molecule has 26 heavy (non-hydrogen) atoms. The van der Waals surface area contributed by atoms with Crippen LogP contribution >= 0.6 is 12.4 Å². The van der Waals surface area contributed by atoms with E-state index in [1.807, 2.05) is 0 Å². The van der Waals surface area contributed by atoms with E-state index in [2.05, 4.69) is 25.7 Å². The van der Waals surface area contributed by atoms with Crippen molar-refractivity contribution in [3.63, 3.8) is 0 Å². The second-order valence-electron chi connectivity index (χ2n) is 5.59. The molecule has 0 bridgehead atoms. The van der Waals surface area contributed by atoms with Crippen molar-refractivity contribution >= 4 is 24.0 Å². The first-order valence-corrected chi connectivity index (χ1v) is 7.70. The summed E-state index contributed by atoms with van der Waals surface area (Å²) in [6.07, 6.45) is -1.47. The zero-order chi connectivity index (χ0) is 17.9. The Balaban J connectivity index is 0.00000243. The lowest BCUT2D eigenvalue weighted by Gasteiger charge is -2.22. The number of carbonyl (C=O) groups excluding carboxylic acids is 1. The fraction of sp³-hybridized carbons (Fsp3) is 0.400. The molecule has 2 N–H and O–H groups in total. The number of rotatable bonds is 4. The second-order valence-corrected chi connectivity index (χ2v) is 5.59. The quantitative estimate of drug-likeness (QED) is 0.837. The van der Waals surface area contributed by atoms with Gasteiger partial charge in [0.05, 0.1) is 12.2 Å². The summed E-state index contributed by atoms with van der Waals surface area (Å²) in [4.78, 5) is 12.2. The lowest BCUT2D eigenvalue weighted by atomic mass is 10.1. The van der Waals surface area contributed by atoms with E-state index < -0.39 is 18.0 Å². The van der Waals surface area contributed by atoms with E-state index in [-0.39, 0.29) is 29.8 Å². The Morgan fingerprint density at radius 2 is 2.04 bits per heavy atom. The molecule has 3 rings (SSSR count). The van der Waals surface area contributed by atoms with Crippen molar-refractivity contribution in [1.29, 1.82) is 0 Å². The van der Waals surface area contributed by atoms with Crippen molar-refractivity contribution in [2.24, 2.45) is 0 Å². The molecule has 2 aromatic rings. The standard InChI is InChI=1S/C15H16F3N5O2.ClH/c16-15(17,18)25-12-3-1-2-10(8-12)20-14(24)13-9-23(22-21-13)11-4-6-19-7-5-11;/h1-3,8-9,11,19H,4-7H2,(H,20,24);1H. The minimum Gasteiger partial charge on any atom is -0.406 e. The van der Waals surface area contributed by atoms with Crippen LogP contribution in [-0.2, 0) is 0 Å². The summed E-state index contributed by atoms with van der Waals surface area (Å²) in [6, 6.07) is 5.22. The highest BCUT2D eigenvalue weighted by atomic mass is 35.5. The van der Waals surface area contributed by atoms with Crippen LogP contribution in [0, 0.1) is 0 Å². The molecule has 0 radical (unpaired) electrons. The number of hydrogen-bond acceptors (Lipinski definition) is 5. The molecule has 0 atom stereocenters. The molecule has 1 aromatic heterocycles. The van der Waals surface area contributed by atoms with Crippen molar-refractivity contribution in [1.82, 2.24) is 20.3 Å². The molecule has 142 valence electrons. The number of amides is 1. The number of benzene rings is 1. The number of carbonyl (C=O) groups is 1. The predicted molar refractivity (Wildman–Crippen MR) is 89.5 cm³/mol. The number of hydrogen-bond donors (Lipinski definition) is 2. The molecule has 1 amide bonds. The van der Waals surface area contributed by atoms with E-state index in [0.717, 1.165) is 38.1 Å². The van der Waals surface area contributed by atoms with Gasteiger partial charge in [0.2, 0.25) is 0 Å². The minimum absolute atomic E-state index is 0. The Hall–Kier alpha value is -2.33. The maximum atomic E-state index is 12.2. The minimum atomic E-state index is -4.79. The van der Waals surface area contributed by atoms with Gasteiger partial charge in [-0.15, -0.1) is 30.7 Å². The van der Waals surface area contributed by atoms with Crippen LogP contribution in [0.3, 0.4) is 0 Å². The van der Waals surface area contributed by atoms with E-state index in [0.29, 0.717) is 0 Å². The number of ether oxygens (including phenoxy) is 1. The van der Waals surface area contributed by atoms with Crippen LogP contribution in [0.15, 0.2) is 30.5 Å². The van der Waals surface area contributed by atoms with Crippen molar-refractivity contribution in [2.75, 3.05) is 18.4 Å². The highest BCUT2D eigenvalue weighted by Crippen LogP contribution is 2.25. The zero-order valence-corrected chi connectivity index (χ0v) is 14.3. The summed E-state index contributed by atoms with van der Waals surface area (Å²) in [5, 5.41) is 13.5. The van der Waals surface area contributed by atoms with E-state index in [1.54, 1.807) is 10.9 Å². The summed E-state index contributed by atoms with van der Waals surface area (Å²) in [5.74, 6) is -0.965. The monoisotopic (exact) mass is 391 g/mol. The Morgan fingerprint density at radius 1 is 1.31 bits per heavy atom.